The van der Waals surface area contributed by atoms with Crippen molar-refractivity contribution in [1.29, 1.82) is 0 Å². The van der Waals surface area contributed by atoms with Crippen LogP contribution >= 0.6 is 0 Å². The number of hydrogen-bond donors (Lipinski definition) is 5. The summed E-state index contributed by atoms with van der Waals surface area (Å²) in [6.07, 6.45) is 6.44. The molecule has 0 spiro atoms. The van der Waals surface area contributed by atoms with E-state index < -0.39 is 59.7 Å². The summed E-state index contributed by atoms with van der Waals surface area (Å²) in [5.74, 6) is -2.24. The number of rotatable bonds is 14. The van der Waals surface area contributed by atoms with Gasteiger partial charge in [-0.1, -0.05) is 66.7 Å². The average molecular weight is 916 g/mol. The Morgan fingerprint density at radius 3 is 2.13 bits per heavy atom. The number of aromatic nitrogens is 2. The SMILES string of the molecule is Cn1c(=O)n(C2CCC(=O)NC2=O)c2ccc(C3CCC(CCC(=O)N4CC[C@H]5CC[C@@H](C(=O)N[C@@H](CCC(N)=O)C(=O)NC(c6ccccc6)c6ccccc6)N5C(=O)[C@@H](N)C4)CC3)cc21. The Labute approximate surface area is 389 Å². The lowest BCUT2D eigenvalue weighted by molar-refractivity contribution is -0.145. The van der Waals surface area contributed by atoms with Crippen LogP contribution in [0.1, 0.15) is 118 Å². The summed E-state index contributed by atoms with van der Waals surface area (Å²) < 4.78 is 3.06. The summed E-state index contributed by atoms with van der Waals surface area (Å²) in [5, 5.41) is 8.27. The van der Waals surface area contributed by atoms with Crippen LogP contribution in [0.3, 0.4) is 0 Å². The molecule has 7 amide bonds. The molecule has 4 aromatic rings. The number of carbonyl (C=O) groups excluding carboxylic acids is 7. The molecule has 4 fully saturated rings. The topological polar surface area (TPSA) is 241 Å². The molecule has 0 bridgehead atoms. The van der Waals surface area contributed by atoms with Crippen LogP contribution in [0.4, 0.5) is 0 Å². The molecule has 354 valence electrons. The highest BCUT2D eigenvalue weighted by Crippen LogP contribution is 2.39. The van der Waals surface area contributed by atoms with Crippen molar-refractivity contribution < 1.29 is 33.6 Å². The van der Waals surface area contributed by atoms with Crippen molar-refractivity contribution in [3.05, 3.63) is 106 Å². The van der Waals surface area contributed by atoms with E-state index >= 15 is 0 Å². The number of fused-ring (bicyclic) bond motifs is 2. The van der Waals surface area contributed by atoms with Gasteiger partial charge >= 0.3 is 5.69 Å². The van der Waals surface area contributed by atoms with Crippen molar-refractivity contribution in [3.63, 3.8) is 0 Å². The number of nitrogens with two attached hydrogens (primary N) is 2. The largest absolute Gasteiger partial charge is 0.370 e. The Hall–Kier alpha value is -6.62. The molecule has 1 aromatic heterocycles. The Kier molecular flexibility index (Phi) is 14.3. The first-order valence-corrected chi connectivity index (χ1v) is 23.7. The van der Waals surface area contributed by atoms with Crippen LogP contribution < -0.4 is 33.1 Å². The molecule has 1 unspecified atom stereocenters. The van der Waals surface area contributed by atoms with E-state index in [0.29, 0.717) is 50.1 Å². The Balaban J connectivity index is 0.845. The zero-order valence-corrected chi connectivity index (χ0v) is 37.9. The van der Waals surface area contributed by atoms with E-state index in [2.05, 4.69) is 16.0 Å². The number of piperidine rings is 1. The van der Waals surface area contributed by atoms with Crippen molar-refractivity contribution >= 4 is 52.4 Å². The van der Waals surface area contributed by atoms with Gasteiger partial charge in [-0.05, 0) is 105 Å². The summed E-state index contributed by atoms with van der Waals surface area (Å²) in [5.41, 5.74) is 15.9. The number of primary amides is 1. The van der Waals surface area contributed by atoms with E-state index in [0.717, 1.165) is 47.9 Å². The first-order valence-electron chi connectivity index (χ1n) is 23.7. The molecule has 3 aromatic carbocycles. The van der Waals surface area contributed by atoms with Crippen LogP contribution in [0, 0.1) is 5.92 Å². The van der Waals surface area contributed by atoms with Crippen LogP contribution in [0.25, 0.3) is 11.0 Å². The number of nitrogens with one attached hydrogen (secondary N) is 3. The van der Waals surface area contributed by atoms with Crippen molar-refractivity contribution in [2.45, 2.75) is 126 Å². The van der Waals surface area contributed by atoms with E-state index in [1.54, 1.807) is 21.4 Å². The van der Waals surface area contributed by atoms with E-state index in [-0.39, 0.29) is 61.7 Å². The number of hydrogen-bond acceptors (Lipinski definition) is 9. The normalized spacial score (nSPS) is 23.8. The number of benzene rings is 3. The minimum Gasteiger partial charge on any atom is -0.370 e. The van der Waals surface area contributed by atoms with E-state index in [9.17, 15) is 38.4 Å². The second-order valence-corrected chi connectivity index (χ2v) is 18.7. The van der Waals surface area contributed by atoms with Crippen molar-refractivity contribution in [2.75, 3.05) is 13.1 Å². The van der Waals surface area contributed by atoms with Gasteiger partial charge in [-0.2, -0.15) is 0 Å². The molecule has 7 N–H and O–H groups in total. The summed E-state index contributed by atoms with van der Waals surface area (Å²) in [4.78, 5) is 109. The summed E-state index contributed by atoms with van der Waals surface area (Å²) in [6.45, 7) is 0.421. The standard InChI is InChI=1S/C50H61N9O8/c1-56-41-28-34(17-20-38(41)59(50(56)67)40-22-24-43(61)54-48(40)65)31-15-12-30(13-16-31)14-25-44(62)57-27-26-35-18-21-39(58(35)49(66)36(51)29-57)47(64)53-37(19-23-42(52)60)46(63)55-45(32-8-4-2-5-9-32)33-10-6-3-7-11-33/h2-11,17,20,28,30-31,35-37,39-40,45H,12-16,18-19,21-27,29,51H2,1H3,(H2,52,60)(H,53,64)(H,55,63)(H,54,61,65)/t30?,31?,35-,36+,37+,39+,40?/m1/s1. The lowest BCUT2D eigenvalue weighted by atomic mass is 9.77. The number of nitrogens with zero attached hydrogens (tertiary/aromatic N) is 4. The molecular formula is C50H61N9O8. The number of imidazole rings is 1. The van der Waals surface area contributed by atoms with Crippen molar-refractivity contribution in [2.24, 2.45) is 24.4 Å². The molecule has 3 saturated heterocycles. The fourth-order valence-electron chi connectivity index (χ4n) is 10.7. The maximum absolute atomic E-state index is 14.1. The Morgan fingerprint density at radius 1 is 0.791 bits per heavy atom. The van der Waals surface area contributed by atoms with E-state index in [4.69, 9.17) is 11.5 Å². The third-order valence-electron chi connectivity index (χ3n) is 14.5. The first kappa shape index (κ1) is 46.9. The Bertz CT molecular complexity index is 2530. The number of amides is 7. The fraction of sp³-hybridized carbons (Fsp3) is 0.480. The highest BCUT2D eigenvalue weighted by Gasteiger charge is 2.45. The molecule has 4 aliphatic rings. The monoisotopic (exact) mass is 915 g/mol. The maximum atomic E-state index is 14.1. The highest BCUT2D eigenvalue weighted by atomic mass is 16.2. The van der Waals surface area contributed by atoms with Gasteiger partial charge in [0, 0.05) is 45.4 Å². The third kappa shape index (κ3) is 10.4. The molecule has 3 aliphatic heterocycles. The molecule has 17 nitrogen and oxygen atoms in total. The molecule has 8 rings (SSSR count). The quantitative estimate of drug-likeness (QED) is 0.117. The zero-order chi connectivity index (χ0) is 47.4. The molecule has 1 saturated carbocycles. The van der Waals surface area contributed by atoms with Gasteiger partial charge in [0.05, 0.1) is 17.1 Å². The first-order chi connectivity index (χ1) is 32.3. The third-order valence-corrected chi connectivity index (χ3v) is 14.5. The average Bonchev–Trinajstić information content (AvgIpc) is 3.86. The van der Waals surface area contributed by atoms with Gasteiger partial charge in [0.25, 0.3) is 0 Å². The molecule has 1 aliphatic carbocycles. The van der Waals surface area contributed by atoms with Crippen LogP contribution in [-0.2, 0) is 40.6 Å². The zero-order valence-electron chi connectivity index (χ0n) is 37.9. The second-order valence-electron chi connectivity index (χ2n) is 18.7. The molecule has 4 heterocycles. The Morgan fingerprint density at radius 2 is 1.48 bits per heavy atom. The van der Waals surface area contributed by atoms with Gasteiger partial charge < -0.3 is 31.9 Å². The smallest absolute Gasteiger partial charge is 0.329 e. The van der Waals surface area contributed by atoms with Crippen LogP contribution in [0.5, 0.6) is 0 Å². The second kappa shape index (κ2) is 20.5. The molecule has 5 atom stereocenters. The van der Waals surface area contributed by atoms with Crippen LogP contribution in [0.15, 0.2) is 83.7 Å². The van der Waals surface area contributed by atoms with E-state index in [1.165, 1.54) is 4.57 Å². The fourth-order valence-corrected chi connectivity index (χ4v) is 10.7. The van der Waals surface area contributed by atoms with Gasteiger partial charge in [-0.25, -0.2) is 4.79 Å². The van der Waals surface area contributed by atoms with Gasteiger partial charge in [-0.3, -0.25) is 48.0 Å². The van der Waals surface area contributed by atoms with Crippen LogP contribution in [0.2, 0.25) is 0 Å². The highest BCUT2D eigenvalue weighted by molar-refractivity contribution is 6.00. The summed E-state index contributed by atoms with van der Waals surface area (Å²) >= 11 is 0. The van der Waals surface area contributed by atoms with E-state index in [1.807, 2.05) is 78.9 Å². The summed E-state index contributed by atoms with van der Waals surface area (Å²) in [7, 11) is 1.70. The lowest BCUT2D eigenvalue weighted by Crippen LogP contribution is -2.60. The molecular weight excluding hydrogens is 855 g/mol. The molecule has 17 heteroatoms. The minimum atomic E-state index is -1.11. The molecule has 67 heavy (non-hydrogen) atoms. The summed E-state index contributed by atoms with van der Waals surface area (Å²) in [6, 6.07) is 20.2. The minimum absolute atomic E-state index is 0.0300. The van der Waals surface area contributed by atoms with Crippen molar-refractivity contribution in [3.8, 4) is 0 Å². The van der Waals surface area contributed by atoms with Gasteiger partial charge in [-0.15, -0.1) is 0 Å². The van der Waals surface area contributed by atoms with Crippen molar-refractivity contribution in [1.82, 2.24) is 34.9 Å². The number of imide groups is 1. The van der Waals surface area contributed by atoms with Crippen LogP contribution in [-0.4, -0.2) is 97.5 Å². The number of carbonyl (C=O) groups is 7. The predicted molar refractivity (Wildman–Crippen MR) is 249 cm³/mol. The van der Waals surface area contributed by atoms with Gasteiger partial charge in [0.15, 0.2) is 0 Å². The maximum Gasteiger partial charge on any atom is 0.329 e. The van der Waals surface area contributed by atoms with Gasteiger partial charge in [0.1, 0.15) is 24.2 Å². The number of aryl methyl sites for hydroxylation is 1. The lowest BCUT2D eigenvalue weighted by Gasteiger charge is -2.38. The van der Waals surface area contributed by atoms with Gasteiger partial charge in [0.2, 0.25) is 41.4 Å². The predicted octanol–water partition coefficient (Wildman–Crippen LogP) is 2.95. The molecule has 0 radical (unpaired) electrons.